The van der Waals surface area contributed by atoms with Crippen LogP contribution < -0.4 is 9.41 Å². The Morgan fingerprint density at radius 1 is 1.19 bits per heavy atom. The average Bonchev–Trinajstić information content (AvgIpc) is 3.09. The van der Waals surface area contributed by atoms with Gasteiger partial charge in [-0.05, 0) is 0 Å². The van der Waals surface area contributed by atoms with Crippen molar-refractivity contribution in [3.8, 4) is 0 Å². The van der Waals surface area contributed by atoms with Gasteiger partial charge in [-0.2, -0.15) is 0 Å². The summed E-state index contributed by atoms with van der Waals surface area (Å²) in [6.45, 7) is 2.35. The number of allylic oxidation sites excluding steroid dienone is 5. The molecule has 1 heterocycles. The van der Waals surface area contributed by atoms with Gasteiger partial charge in [-0.15, -0.1) is 0 Å². The van der Waals surface area contributed by atoms with Crippen molar-refractivity contribution in [2.75, 3.05) is 6.16 Å². The molecule has 0 saturated carbocycles. The van der Waals surface area contributed by atoms with E-state index in [4.69, 9.17) is 0 Å². The van der Waals surface area contributed by atoms with Gasteiger partial charge >= 0.3 is 128 Å². The molecule has 4 heteroatoms. The van der Waals surface area contributed by atoms with Crippen LogP contribution in [0.1, 0.15) is 30.9 Å². The van der Waals surface area contributed by atoms with E-state index < -0.39 is 22.9 Å². The molecule has 0 fully saturated rings. The van der Waals surface area contributed by atoms with E-state index in [0.29, 0.717) is 2.91 Å². The summed E-state index contributed by atoms with van der Waals surface area (Å²) in [6.07, 6.45) is 14.0. The SMILES string of the molecule is CCCP1C2=[C](CC=C2)[Hf+2][C]12C=Cc1ccccc12.[F-].[F-]. The van der Waals surface area contributed by atoms with Crippen molar-refractivity contribution in [2.45, 2.75) is 22.7 Å². The molecule has 0 amide bonds. The van der Waals surface area contributed by atoms with Crippen LogP contribution in [0.25, 0.3) is 6.08 Å². The Morgan fingerprint density at radius 2 is 2.00 bits per heavy atom. The first-order valence-corrected chi connectivity index (χ1v) is 12.2. The van der Waals surface area contributed by atoms with Gasteiger partial charge in [-0.1, -0.05) is 0 Å². The van der Waals surface area contributed by atoms with Crippen molar-refractivity contribution < 1.29 is 32.3 Å². The molecule has 0 nitrogen and oxygen atoms in total. The predicted molar refractivity (Wildman–Crippen MR) is 80.0 cm³/mol. The minimum Gasteiger partial charge on any atom is -1.00 e. The molecule has 0 N–H and O–H groups in total. The topological polar surface area (TPSA) is 0 Å². The van der Waals surface area contributed by atoms with E-state index in [0.717, 1.165) is 0 Å². The van der Waals surface area contributed by atoms with E-state index in [9.17, 15) is 0 Å². The Balaban J connectivity index is 0.000000807. The molecule has 2 unspecified atom stereocenters. The average molecular weight is 469 g/mol. The minimum absolute atomic E-state index is 0. The van der Waals surface area contributed by atoms with Crippen molar-refractivity contribution in [3.05, 3.63) is 62.3 Å². The van der Waals surface area contributed by atoms with Gasteiger partial charge in [0, 0.05) is 0 Å². The normalized spacial score (nSPS) is 26.8. The third kappa shape index (κ3) is 2.37. The second kappa shape index (κ2) is 6.38. The third-order valence-corrected chi connectivity index (χ3v) is 17.7. The maximum Gasteiger partial charge on any atom is -1.00 e. The number of fused-ring (bicyclic) bond motifs is 2. The summed E-state index contributed by atoms with van der Waals surface area (Å²) in [6, 6.07) is 9.16. The van der Waals surface area contributed by atoms with E-state index in [1.54, 1.807) is 10.9 Å². The number of hydrogen-bond donors (Lipinski definition) is 0. The second-order valence-electron chi connectivity index (χ2n) is 5.43. The fourth-order valence-corrected chi connectivity index (χ4v) is 18.6. The smallest absolute Gasteiger partial charge is 1.00 e. The zero-order chi connectivity index (χ0) is 12.9. The van der Waals surface area contributed by atoms with Gasteiger partial charge in [0.15, 0.2) is 0 Å². The van der Waals surface area contributed by atoms with Crippen LogP contribution in [-0.4, -0.2) is 6.16 Å². The van der Waals surface area contributed by atoms with Crippen LogP contribution in [0.2, 0.25) is 0 Å². The molecule has 1 spiro atoms. The summed E-state index contributed by atoms with van der Waals surface area (Å²) in [4.78, 5) is 0. The van der Waals surface area contributed by atoms with Crippen molar-refractivity contribution in [1.29, 1.82) is 0 Å². The summed E-state index contributed by atoms with van der Waals surface area (Å²) >= 11 is -0.755. The number of halogens is 2. The molecule has 4 rings (SSSR count). The molecule has 108 valence electrons. The molecule has 0 bridgehead atoms. The standard InChI is InChI=1S/C17H17P.2FH.Hf/c1-2-13-18(15-8-4-5-9-15)17-12-11-14-7-3-6-10-16(14)17;;;/h3-4,6-8,10-12H,2,5,13H2,1H3;2*1H;/q;;;+2/p-2. The minimum atomic E-state index is -0.755. The van der Waals surface area contributed by atoms with Crippen molar-refractivity contribution >= 4 is 14.0 Å². The van der Waals surface area contributed by atoms with Gasteiger partial charge in [-0.3, -0.25) is 0 Å². The molecule has 2 atom stereocenters. The zero-order valence-electron chi connectivity index (χ0n) is 11.9. The second-order valence-corrected chi connectivity index (χ2v) is 15.3. The first-order chi connectivity index (χ1) is 9.35. The van der Waals surface area contributed by atoms with Crippen LogP contribution in [0, 0.1) is 0 Å². The first-order valence-electron chi connectivity index (χ1n) is 7.09. The van der Waals surface area contributed by atoms with E-state index in [-0.39, 0.29) is 17.3 Å². The Hall–Kier alpha value is -0.400. The van der Waals surface area contributed by atoms with E-state index in [1.807, 2.05) is 3.33 Å². The van der Waals surface area contributed by atoms with Crippen molar-refractivity contribution in [3.63, 3.8) is 0 Å². The summed E-state index contributed by atoms with van der Waals surface area (Å²) in [5.74, 6) is 0. The van der Waals surface area contributed by atoms with E-state index in [1.165, 1.54) is 24.6 Å². The Bertz CT molecular complexity index is 635. The molecular formula is C17H17F2HfP. The zero-order valence-corrected chi connectivity index (χ0v) is 16.4. The van der Waals surface area contributed by atoms with Crippen molar-refractivity contribution in [1.82, 2.24) is 0 Å². The first kappa shape index (κ1) is 17.0. The van der Waals surface area contributed by atoms with E-state index in [2.05, 4.69) is 55.5 Å². The van der Waals surface area contributed by atoms with Crippen LogP contribution >= 0.6 is 7.92 Å². The van der Waals surface area contributed by atoms with Gasteiger partial charge < -0.3 is 9.41 Å². The fourth-order valence-electron chi connectivity index (χ4n) is 3.50. The molecule has 1 aromatic carbocycles. The summed E-state index contributed by atoms with van der Waals surface area (Å²) in [5.41, 5.74) is 3.18. The maximum atomic E-state index is 2.62. The van der Waals surface area contributed by atoms with Crippen LogP contribution in [0.3, 0.4) is 0 Å². The molecule has 1 aliphatic heterocycles. The summed E-state index contributed by atoms with van der Waals surface area (Å²) < 4.78 is 2.46. The molecule has 1 aromatic rings. The van der Waals surface area contributed by atoms with Gasteiger partial charge in [0.25, 0.3) is 0 Å². The molecule has 0 saturated heterocycles. The molecule has 3 aliphatic rings. The third-order valence-electron chi connectivity index (χ3n) is 4.29. The largest absolute Gasteiger partial charge is 1.00 e. The number of hydrogen-bond acceptors (Lipinski definition) is 0. The van der Waals surface area contributed by atoms with Crippen LogP contribution in [-0.2, 0) is 25.8 Å². The fraction of sp³-hybridized carbons (Fsp3) is 0.294. The molecule has 0 aromatic heterocycles. The molecular weight excluding hydrogens is 452 g/mol. The van der Waals surface area contributed by atoms with Gasteiger partial charge in [0.1, 0.15) is 0 Å². The predicted octanol–water partition coefficient (Wildman–Crippen LogP) is -0.966. The number of benzene rings is 1. The number of rotatable bonds is 2. The monoisotopic (exact) mass is 470 g/mol. The van der Waals surface area contributed by atoms with Gasteiger partial charge in [0.2, 0.25) is 0 Å². The summed E-state index contributed by atoms with van der Waals surface area (Å²) in [5, 5.41) is 1.81. The molecule has 0 radical (unpaired) electrons. The molecule has 2 aliphatic carbocycles. The maximum absolute atomic E-state index is 2.62. The van der Waals surface area contributed by atoms with Crippen LogP contribution in [0.15, 0.2) is 51.1 Å². The van der Waals surface area contributed by atoms with E-state index >= 15 is 0 Å². The van der Waals surface area contributed by atoms with Crippen LogP contribution in [0.5, 0.6) is 0 Å². The van der Waals surface area contributed by atoms with Gasteiger partial charge in [0.05, 0.1) is 0 Å². The summed E-state index contributed by atoms with van der Waals surface area (Å²) in [7, 11) is 0.0349. The van der Waals surface area contributed by atoms with Crippen molar-refractivity contribution in [2.24, 2.45) is 0 Å². The Kier molecular flexibility index (Phi) is 5.15. The quantitative estimate of drug-likeness (QED) is 0.387. The van der Waals surface area contributed by atoms with Gasteiger partial charge in [-0.25, -0.2) is 0 Å². The molecule has 21 heavy (non-hydrogen) atoms. The Morgan fingerprint density at radius 3 is 2.81 bits per heavy atom. The Labute approximate surface area is 137 Å². The van der Waals surface area contributed by atoms with Crippen LogP contribution in [0.4, 0.5) is 0 Å².